The first-order valence-corrected chi connectivity index (χ1v) is 7.09. The summed E-state index contributed by atoms with van der Waals surface area (Å²) in [7, 11) is 0. The molecule has 0 aromatic carbocycles. The predicted octanol–water partition coefficient (Wildman–Crippen LogP) is 3.05. The molecule has 1 rings (SSSR count). The minimum atomic E-state index is 0.152. The van der Waals surface area contributed by atoms with Crippen molar-refractivity contribution in [2.45, 2.75) is 58.8 Å². The Morgan fingerprint density at radius 3 is 1.88 bits per heavy atom. The first kappa shape index (κ1) is 14.0. The van der Waals surface area contributed by atoms with Gasteiger partial charge in [0.05, 0.1) is 0 Å². The molecule has 16 heavy (non-hydrogen) atoms. The summed E-state index contributed by atoms with van der Waals surface area (Å²) in [4.78, 5) is 2.59. The van der Waals surface area contributed by atoms with Crippen molar-refractivity contribution >= 4 is 0 Å². The lowest BCUT2D eigenvalue weighted by atomic mass is 9.82. The first-order valence-electron chi connectivity index (χ1n) is 7.09. The van der Waals surface area contributed by atoms with Gasteiger partial charge in [0.2, 0.25) is 0 Å². The van der Waals surface area contributed by atoms with Crippen LogP contribution in [0.15, 0.2) is 0 Å². The van der Waals surface area contributed by atoms with E-state index in [0.717, 1.165) is 19.4 Å². The zero-order valence-corrected chi connectivity index (χ0v) is 11.2. The molecule has 1 saturated heterocycles. The Labute approximate surface area is 101 Å². The molecule has 2 heteroatoms. The summed E-state index contributed by atoms with van der Waals surface area (Å²) in [5.74, 6) is 0. The van der Waals surface area contributed by atoms with Crippen LogP contribution in [0.4, 0.5) is 0 Å². The van der Waals surface area contributed by atoms with Crippen molar-refractivity contribution in [1.82, 2.24) is 4.90 Å². The second-order valence-electron chi connectivity index (χ2n) is 5.41. The minimum absolute atomic E-state index is 0.152. The average Bonchev–Trinajstić information content (AvgIpc) is 2.29. The number of aliphatic hydroxyl groups is 1. The summed E-state index contributed by atoms with van der Waals surface area (Å²) in [5, 5.41) is 9.61. The van der Waals surface area contributed by atoms with Gasteiger partial charge in [-0.1, -0.05) is 33.1 Å². The molecule has 1 aliphatic rings. The van der Waals surface area contributed by atoms with Crippen LogP contribution in [0.25, 0.3) is 0 Å². The Hall–Kier alpha value is -0.0800. The number of rotatable bonds is 5. The smallest absolute Gasteiger partial charge is 0.0499 e. The molecule has 0 amide bonds. The zero-order chi connectivity index (χ0) is 11.9. The van der Waals surface area contributed by atoms with Crippen LogP contribution in [0.5, 0.6) is 0 Å². The topological polar surface area (TPSA) is 23.5 Å². The van der Waals surface area contributed by atoms with Crippen LogP contribution in [-0.2, 0) is 0 Å². The Kier molecular flexibility index (Phi) is 6.37. The van der Waals surface area contributed by atoms with Gasteiger partial charge in [-0.3, -0.25) is 0 Å². The van der Waals surface area contributed by atoms with Crippen LogP contribution < -0.4 is 0 Å². The van der Waals surface area contributed by atoms with Crippen molar-refractivity contribution in [2.24, 2.45) is 5.41 Å². The predicted molar refractivity (Wildman–Crippen MR) is 69.6 cm³/mol. The van der Waals surface area contributed by atoms with Crippen LogP contribution in [0.2, 0.25) is 0 Å². The normalized spacial score (nSPS) is 20.4. The fourth-order valence-corrected chi connectivity index (χ4v) is 2.69. The van der Waals surface area contributed by atoms with Crippen molar-refractivity contribution in [1.29, 1.82) is 0 Å². The Bertz CT molecular complexity index is 161. The molecule has 0 saturated carbocycles. The summed E-state index contributed by atoms with van der Waals surface area (Å²) in [6.45, 7) is 8.34. The van der Waals surface area contributed by atoms with Crippen molar-refractivity contribution in [3.63, 3.8) is 0 Å². The van der Waals surface area contributed by atoms with Crippen LogP contribution in [0.3, 0.4) is 0 Å². The van der Waals surface area contributed by atoms with E-state index in [1.54, 1.807) is 0 Å². The maximum atomic E-state index is 9.61. The highest BCUT2D eigenvalue weighted by Crippen LogP contribution is 2.27. The van der Waals surface area contributed by atoms with Gasteiger partial charge in [0.15, 0.2) is 0 Å². The van der Waals surface area contributed by atoms with E-state index in [-0.39, 0.29) is 5.41 Å². The molecule has 0 aromatic rings. The zero-order valence-electron chi connectivity index (χ0n) is 11.2. The molecule has 96 valence electrons. The van der Waals surface area contributed by atoms with Crippen LogP contribution in [0.1, 0.15) is 58.8 Å². The largest absolute Gasteiger partial charge is 0.396 e. The van der Waals surface area contributed by atoms with Crippen molar-refractivity contribution < 1.29 is 5.11 Å². The third-order valence-corrected chi connectivity index (χ3v) is 4.34. The van der Waals surface area contributed by atoms with E-state index in [1.165, 1.54) is 45.2 Å². The molecule has 1 N–H and O–H groups in total. The molecule has 0 spiro atoms. The van der Waals surface area contributed by atoms with Crippen molar-refractivity contribution in [3.8, 4) is 0 Å². The standard InChI is InChI=1S/C14H29NO/c1-3-14(4-2,13-16)12-15-10-8-6-5-7-9-11-15/h16H,3-13H2,1-2H3. The van der Waals surface area contributed by atoms with Gasteiger partial charge < -0.3 is 10.0 Å². The van der Waals surface area contributed by atoms with Gasteiger partial charge in [-0.15, -0.1) is 0 Å². The minimum Gasteiger partial charge on any atom is -0.396 e. The lowest BCUT2D eigenvalue weighted by Gasteiger charge is -2.36. The third-order valence-electron chi connectivity index (χ3n) is 4.34. The molecule has 1 heterocycles. The summed E-state index contributed by atoms with van der Waals surface area (Å²) < 4.78 is 0. The van der Waals surface area contributed by atoms with E-state index in [2.05, 4.69) is 18.7 Å². The Morgan fingerprint density at radius 1 is 0.938 bits per heavy atom. The highest BCUT2D eigenvalue weighted by atomic mass is 16.3. The third kappa shape index (κ3) is 4.06. The highest BCUT2D eigenvalue weighted by Gasteiger charge is 2.27. The van der Waals surface area contributed by atoms with E-state index < -0.39 is 0 Å². The number of likely N-dealkylation sites (tertiary alicyclic amines) is 1. The molecular formula is C14H29NO. The summed E-state index contributed by atoms with van der Waals surface area (Å²) in [6, 6.07) is 0. The molecule has 0 unspecified atom stereocenters. The van der Waals surface area contributed by atoms with Crippen molar-refractivity contribution in [2.75, 3.05) is 26.2 Å². The van der Waals surface area contributed by atoms with E-state index in [9.17, 15) is 5.11 Å². The summed E-state index contributed by atoms with van der Waals surface area (Å²) in [5.41, 5.74) is 0.152. The van der Waals surface area contributed by atoms with E-state index >= 15 is 0 Å². The lowest BCUT2D eigenvalue weighted by Crippen LogP contribution is -2.41. The van der Waals surface area contributed by atoms with Crippen LogP contribution in [0, 0.1) is 5.41 Å². The van der Waals surface area contributed by atoms with Crippen LogP contribution >= 0.6 is 0 Å². The van der Waals surface area contributed by atoms with Gasteiger partial charge in [-0.05, 0) is 38.8 Å². The fraction of sp³-hybridized carbons (Fsp3) is 1.00. The van der Waals surface area contributed by atoms with Gasteiger partial charge in [-0.25, -0.2) is 0 Å². The maximum absolute atomic E-state index is 9.61. The Morgan fingerprint density at radius 2 is 1.44 bits per heavy atom. The highest BCUT2D eigenvalue weighted by molar-refractivity contribution is 4.80. The fourth-order valence-electron chi connectivity index (χ4n) is 2.69. The molecule has 0 aliphatic carbocycles. The SMILES string of the molecule is CCC(CC)(CO)CN1CCCCCCC1. The van der Waals surface area contributed by atoms with Gasteiger partial charge in [0.25, 0.3) is 0 Å². The van der Waals surface area contributed by atoms with E-state index in [4.69, 9.17) is 0 Å². The van der Waals surface area contributed by atoms with Gasteiger partial charge in [0.1, 0.15) is 0 Å². The van der Waals surface area contributed by atoms with Gasteiger partial charge in [-0.2, -0.15) is 0 Å². The van der Waals surface area contributed by atoms with E-state index in [0.29, 0.717) is 6.61 Å². The number of hydrogen-bond acceptors (Lipinski definition) is 2. The molecule has 0 radical (unpaired) electrons. The van der Waals surface area contributed by atoms with Crippen LogP contribution in [-0.4, -0.2) is 36.2 Å². The molecule has 0 aromatic heterocycles. The number of hydrogen-bond donors (Lipinski definition) is 1. The number of aliphatic hydroxyl groups excluding tert-OH is 1. The quantitative estimate of drug-likeness (QED) is 0.780. The second kappa shape index (κ2) is 7.29. The van der Waals surface area contributed by atoms with Gasteiger partial charge >= 0.3 is 0 Å². The van der Waals surface area contributed by atoms with Crippen molar-refractivity contribution in [3.05, 3.63) is 0 Å². The number of nitrogens with zero attached hydrogens (tertiary/aromatic N) is 1. The molecule has 2 nitrogen and oxygen atoms in total. The molecular weight excluding hydrogens is 198 g/mol. The van der Waals surface area contributed by atoms with Gasteiger partial charge in [0, 0.05) is 18.6 Å². The summed E-state index contributed by atoms with van der Waals surface area (Å²) >= 11 is 0. The lowest BCUT2D eigenvalue weighted by molar-refractivity contribution is 0.0624. The molecule has 1 fully saturated rings. The summed E-state index contributed by atoms with van der Waals surface area (Å²) in [6.07, 6.45) is 9.07. The Balaban J connectivity index is 2.47. The average molecular weight is 227 g/mol. The molecule has 1 aliphatic heterocycles. The van der Waals surface area contributed by atoms with E-state index in [1.807, 2.05) is 0 Å². The second-order valence-corrected chi connectivity index (χ2v) is 5.41. The molecule has 0 bridgehead atoms. The monoisotopic (exact) mass is 227 g/mol. The maximum Gasteiger partial charge on any atom is 0.0499 e. The molecule has 0 atom stereocenters. The first-order chi connectivity index (χ1) is 7.76.